The van der Waals surface area contributed by atoms with Gasteiger partial charge >= 0.3 is 0 Å². The number of hydrogen-bond acceptors (Lipinski definition) is 3. The summed E-state index contributed by atoms with van der Waals surface area (Å²) in [6, 6.07) is 0. The average molecular weight is 166 g/mol. The van der Waals surface area contributed by atoms with E-state index in [2.05, 4.69) is 4.18 Å². The van der Waals surface area contributed by atoms with Crippen LogP contribution in [0.15, 0.2) is 0 Å². The lowest BCUT2D eigenvalue weighted by atomic mass is 10.1. The van der Waals surface area contributed by atoms with Gasteiger partial charge in [0.2, 0.25) is 0 Å². The van der Waals surface area contributed by atoms with Crippen LogP contribution in [0.25, 0.3) is 0 Å². The van der Waals surface area contributed by atoms with Crippen LogP contribution < -0.4 is 0 Å². The predicted molar refractivity (Wildman–Crippen MR) is 40.3 cm³/mol. The largest absolute Gasteiger partial charge is 0.269 e. The first kappa shape index (κ1) is 9.91. The van der Waals surface area contributed by atoms with E-state index in [0.717, 1.165) is 6.42 Å². The fourth-order valence-electron chi connectivity index (χ4n) is 0.854. The highest BCUT2D eigenvalue weighted by atomic mass is 32.2. The van der Waals surface area contributed by atoms with E-state index in [9.17, 15) is 8.42 Å². The second-order valence-electron chi connectivity index (χ2n) is 2.77. The molecule has 0 aliphatic carbocycles. The molecule has 0 heterocycles. The lowest BCUT2D eigenvalue weighted by Gasteiger charge is -2.09. The average Bonchev–Trinajstić information content (AvgIpc) is 1.58. The van der Waals surface area contributed by atoms with E-state index in [1.807, 2.05) is 13.8 Å². The summed E-state index contributed by atoms with van der Waals surface area (Å²) in [4.78, 5) is 0. The van der Waals surface area contributed by atoms with E-state index in [1.165, 1.54) is 0 Å². The van der Waals surface area contributed by atoms with Crippen LogP contribution in [0.3, 0.4) is 0 Å². The minimum atomic E-state index is -2.67. The van der Waals surface area contributed by atoms with Gasteiger partial charge in [0.25, 0.3) is 11.0 Å². The highest BCUT2D eigenvalue weighted by Gasteiger charge is 2.05. The molecule has 10 heavy (non-hydrogen) atoms. The van der Waals surface area contributed by atoms with Gasteiger partial charge in [-0.05, 0) is 19.3 Å². The van der Waals surface area contributed by atoms with Gasteiger partial charge in [0.1, 0.15) is 0 Å². The van der Waals surface area contributed by atoms with E-state index in [0.29, 0.717) is 5.92 Å². The zero-order valence-electron chi connectivity index (χ0n) is 6.53. The van der Waals surface area contributed by atoms with Crippen molar-refractivity contribution in [1.29, 1.82) is 0 Å². The molecule has 0 aliphatic heterocycles. The third-order valence-electron chi connectivity index (χ3n) is 1.07. The topological polar surface area (TPSA) is 43.4 Å². The molecular weight excluding hydrogens is 152 g/mol. The molecule has 0 amide bonds. The van der Waals surface area contributed by atoms with Gasteiger partial charge in [-0.15, -0.1) is 0 Å². The van der Waals surface area contributed by atoms with Crippen LogP contribution in [0.4, 0.5) is 0 Å². The highest BCUT2D eigenvalue weighted by molar-refractivity contribution is 7.67. The van der Waals surface area contributed by atoms with Crippen molar-refractivity contribution >= 4 is 11.0 Å². The van der Waals surface area contributed by atoms with Gasteiger partial charge in [-0.1, -0.05) is 13.8 Å². The van der Waals surface area contributed by atoms with Gasteiger partial charge in [0.15, 0.2) is 0 Å². The number of thiol groups is 1. The molecule has 0 bridgehead atoms. The molecule has 0 radical (unpaired) electrons. The molecule has 0 rings (SSSR count). The summed E-state index contributed by atoms with van der Waals surface area (Å²) in [5.41, 5.74) is 0. The van der Waals surface area contributed by atoms with Gasteiger partial charge in [0.05, 0.1) is 6.10 Å². The summed E-state index contributed by atoms with van der Waals surface area (Å²) in [5, 5.41) is 0. The molecule has 0 aromatic carbocycles. The van der Waals surface area contributed by atoms with E-state index >= 15 is 0 Å². The first-order chi connectivity index (χ1) is 4.52. The zero-order chi connectivity index (χ0) is 8.15. The lowest BCUT2D eigenvalue weighted by Crippen LogP contribution is -2.09. The van der Waals surface area contributed by atoms with Crippen LogP contribution in [0.1, 0.15) is 27.2 Å². The van der Waals surface area contributed by atoms with E-state index in [-0.39, 0.29) is 6.10 Å². The second kappa shape index (κ2) is 4.68. The Balaban J connectivity index is 3.53. The van der Waals surface area contributed by atoms with Gasteiger partial charge in [0, 0.05) is 0 Å². The summed E-state index contributed by atoms with van der Waals surface area (Å²) in [7, 11) is -2.67. The maximum atomic E-state index is 10.0. The molecule has 0 aromatic heterocycles. The van der Waals surface area contributed by atoms with Crippen molar-refractivity contribution in [2.24, 2.45) is 5.92 Å². The molecule has 4 heteroatoms. The molecule has 1 atom stereocenters. The Labute approximate surface area is 63.5 Å². The molecule has 1 unspecified atom stereocenters. The Kier molecular flexibility index (Phi) is 4.64. The van der Waals surface area contributed by atoms with E-state index < -0.39 is 11.0 Å². The normalized spacial score (nSPS) is 14.5. The van der Waals surface area contributed by atoms with Crippen LogP contribution >= 0.6 is 0 Å². The van der Waals surface area contributed by atoms with Crippen LogP contribution in [0.5, 0.6) is 0 Å². The van der Waals surface area contributed by atoms with Crippen LogP contribution in [0.2, 0.25) is 0 Å². The van der Waals surface area contributed by atoms with Crippen molar-refractivity contribution < 1.29 is 12.6 Å². The van der Waals surface area contributed by atoms with Crippen molar-refractivity contribution in [3.8, 4) is 0 Å². The third kappa shape index (κ3) is 6.04. The van der Waals surface area contributed by atoms with E-state index in [1.54, 1.807) is 6.92 Å². The molecule has 62 valence electrons. The quantitative estimate of drug-likeness (QED) is 0.633. The summed E-state index contributed by atoms with van der Waals surface area (Å²) >= 11 is 0. The summed E-state index contributed by atoms with van der Waals surface area (Å²) < 4.78 is 24.5. The minimum absolute atomic E-state index is 0.180. The molecule has 0 saturated heterocycles. The van der Waals surface area contributed by atoms with Crippen molar-refractivity contribution in [2.45, 2.75) is 33.3 Å². The third-order valence-corrected chi connectivity index (χ3v) is 1.60. The Morgan fingerprint density at radius 1 is 1.30 bits per heavy atom. The summed E-state index contributed by atoms with van der Waals surface area (Å²) in [6.07, 6.45) is 0.602. The molecule has 0 fully saturated rings. The standard InChI is InChI=1S/C6H14O3S/c1-5(2)4-6(3)9-10(7)8/h5-6,10H,4H2,1-3H3. The SMILES string of the molecule is CC(C)CC(C)O[SH](=O)=O. The Bertz CT molecular complexity index is 143. The fourth-order valence-corrected chi connectivity index (χ4v) is 1.23. The number of hydrogen-bond donors (Lipinski definition) is 1. The molecule has 0 spiro atoms. The maximum Gasteiger partial charge on any atom is 0.257 e. The number of rotatable bonds is 4. The lowest BCUT2D eigenvalue weighted by molar-refractivity contribution is 0.209. The smallest absolute Gasteiger partial charge is 0.257 e. The van der Waals surface area contributed by atoms with Gasteiger partial charge in [-0.2, -0.15) is 0 Å². The molecule has 3 nitrogen and oxygen atoms in total. The zero-order valence-corrected chi connectivity index (χ0v) is 7.43. The van der Waals surface area contributed by atoms with Crippen molar-refractivity contribution in [2.75, 3.05) is 0 Å². The fraction of sp³-hybridized carbons (Fsp3) is 1.00. The Hall–Kier alpha value is -0.0900. The van der Waals surface area contributed by atoms with Crippen molar-refractivity contribution in [3.63, 3.8) is 0 Å². The van der Waals surface area contributed by atoms with Gasteiger partial charge in [-0.25, -0.2) is 8.42 Å². The molecule has 0 aromatic rings. The molecular formula is C6H14O3S. The maximum absolute atomic E-state index is 10.0. The molecule has 0 saturated carbocycles. The Morgan fingerprint density at radius 3 is 2.10 bits per heavy atom. The summed E-state index contributed by atoms with van der Waals surface area (Å²) in [6.45, 7) is 5.81. The van der Waals surface area contributed by atoms with Crippen molar-refractivity contribution in [1.82, 2.24) is 0 Å². The minimum Gasteiger partial charge on any atom is -0.269 e. The van der Waals surface area contributed by atoms with Crippen LogP contribution in [-0.2, 0) is 15.2 Å². The Morgan fingerprint density at radius 2 is 1.80 bits per heavy atom. The van der Waals surface area contributed by atoms with E-state index in [4.69, 9.17) is 0 Å². The molecule has 0 N–H and O–H groups in total. The van der Waals surface area contributed by atoms with Gasteiger partial charge < -0.3 is 0 Å². The predicted octanol–water partition coefficient (Wildman–Crippen LogP) is 0.964. The van der Waals surface area contributed by atoms with Crippen LogP contribution in [0, 0.1) is 5.92 Å². The van der Waals surface area contributed by atoms with Crippen LogP contribution in [-0.4, -0.2) is 14.5 Å². The first-order valence-electron chi connectivity index (χ1n) is 3.33. The molecule has 0 aliphatic rings. The van der Waals surface area contributed by atoms with Crippen molar-refractivity contribution in [3.05, 3.63) is 0 Å². The second-order valence-corrected chi connectivity index (χ2v) is 3.43. The highest BCUT2D eigenvalue weighted by Crippen LogP contribution is 2.06. The first-order valence-corrected chi connectivity index (χ1v) is 4.43. The monoisotopic (exact) mass is 166 g/mol. The summed E-state index contributed by atoms with van der Waals surface area (Å²) in [5.74, 6) is 0.477. The van der Waals surface area contributed by atoms with Gasteiger partial charge in [-0.3, -0.25) is 4.18 Å².